The number of hydrogen-bond acceptors (Lipinski definition) is 6. The Kier molecular flexibility index (Phi) is 6.48. The molecule has 0 radical (unpaired) electrons. The second kappa shape index (κ2) is 9.06. The van der Waals surface area contributed by atoms with Crippen molar-refractivity contribution in [3.05, 3.63) is 81.8 Å². The van der Waals surface area contributed by atoms with E-state index in [2.05, 4.69) is 5.32 Å². The molecule has 7 nitrogen and oxygen atoms in total. The zero-order valence-corrected chi connectivity index (χ0v) is 17.3. The molecule has 0 saturated carbocycles. The lowest BCUT2D eigenvalue weighted by Gasteiger charge is -2.14. The van der Waals surface area contributed by atoms with Crippen LogP contribution in [0.2, 0.25) is 0 Å². The number of methoxy groups -OCH3 is 1. The van der Waals surface area contributed by atoms with Crippen LogP contribution in [0.3, 0.4) is 0 Å². The number of ether oxygens (including phenoxy) is 1. The molecule has 1 heterocycles. The van der Waals surface area contributed by atoms with E-state index in [-0.39, 0.29) is 22.4 Å². The Morgan fingerprint density at radius 2 is 1.87 bits per heavy atom. The van der Waals surface area contributed by atoms with E-state index < -0.39 is 33.4 Å². The molecule has 156 valence electrons. The molecule has 0 saturated heterocycles. The maximum absolute atomic E-state index is 13.9. The average molecular weight is 448 g/mol. The van der Waals surface area contributed by atoms with Gasteiger partial charge in [0.2, 0.25) is 10.0 Å². The number of sulfonamides is 1. The van der Waals surface area contributed by atoms with E-state index in [0.717, 1.165) is 6.07 Å². The first kappa shape index (κ1) is 21.5. The van der Waals surface area contributed by atoms with Crippen molar-refractivity contribution < 1.29 is 27.1 Å². The van der Waals surface area contributed by atoms with Crippen molar-refractivity contribution in [2.24, 2.45) is 0 Å². The van der Waals surface area contributed by atoms with Gasteiger partial charge in [-0.25, -0.2) is 17.5 Å². The van der Waals surface area contributed by atoms with Crippen molar-refractivity contribution in [2.75, 3.05) is 12.4 Å². The zero-order chi connectivity index (χ0) is 21.7. The third-order valence-electron chi connectivity index (χ3n) is 4.06. The molecule has 2 N–H and O–H groups in total. The Morgan fingerprint density at radius 1 is 1.10 bits per heavy atom. The number of amides is 2. The van der Waals surface area contributed by atoms with Crippen LogP contribution in [-0.2, 0) is 15.8 Å². The predicted molar refractivity (Wildman–Crippen MR) is 112 cm³/mol. The van der Waals surface area contributed by atoms with Crippen molar-refractivity contribution in [3.8, 4) is 5.75 Å². The molecule has 0 aliphatic rings. The van der Waals surface area contributed by atoms with Crippen LogP contribution in [0.25, 0.3) is 0 Å². The molecule has 2 amide bonds. The Labute approximate surface area is 176 Å². The van der Waals surface area contributed by atoms with Gasteiger partial charge in [-0.05, 0) is 35.2 Å². The van der Waals surface area contributed by atoms with E-state index >= 15 is 0 Å². The van der Waals surface area contributed by atoms with Crippen LogP contribution in [0.1, 0.15) is 26.3 Å². The standard InChI is InChI=1S/C20H17FN2O5S2/c1-28-15-7-6-14(12-30(26,27)23-19(24)13-8-9-29-11-13)18(10-15)22-20(25)16-4-2-3-5-17(16)21/h2-11H,12H2,1H3,(H,22,25)(H,23,24). The number of carbonyl (C=O) groups excluding carboxylic acids is 2. The minimum absolute atomic E-state index is 0.121. The van der Waals surface area contributed by atoms with Crippen LogP contribution in [0.5, 0.6) is 5.75 Å². The summed E-state index contributed by atoms with van der Waals surface area (Å²) in [7, 11) is -2.66. The van der Waals surface area contributed by atoms with Gasteiger partial charge < -0.3 is 10.1 Å². The maximum Gasteiger partial charge on any atom is 0.265 e. The molecule has 0 aliphatic carbocycles. The highest BCUT2D eigenvalue weighted by molar-refractivity contribution is 7.89. The van der Waals surface area contributed by atoms with E-state index in [1.54, 1.807) is 5.38 Å². The van der Waals surface area contributed by atoms with E-state index in [1.807, 2.05) is 4.72 Å². The van der Waals surface area contributed by atoms with Gasteiger partial charge in [0.25, 0.3) is 11.8 Å². The van der Waals surface area contributed by atoms with Gasteiger partial charge in [-0.3, -0.25) is 9.59 Å². The Hall–Kier alpha value is -3.24. The number of benzene rings is 2. The van der Waals surface area contributed by atoms with Crippen molar-refractivity contribution in [3.63, 3.8) is 0 Å². The van der Waals surface area contributed by atoms with Crippen molar-refractivity contribution in [1.29, 1.82) is 0 Å². The summed E-state index contributed by atoms with van der Waals surface area (Å²) in [6.07, 6.45) is 0. The summed E-state index contributed by atoms with van der Waals surface area (Å²) in [4.78, 5) is 24.6. The lowest BCUT2D eigenvalue weighted by Crippen LogP contribution is -2.31. The van der Waals surface area contributed by atoms with Gasteiger partial charge in [-0.2, -0.15) is 11.3 Å². The Morgan fingerprint density at radius 3 is 2.53 bits per heavy atom. The molecule has 0 atom stereocenters. The van der Waals surface area contributed by atoms with Gasteiger partial charge in [0.1, 0.15) is 11.6 Å². The average Bonchev–Trinajstić information content (AvgIpc) is 3.24. The van der Waals surface area contributed by atoms with Crippen LogP contribution >= 0.6 is 11.3 Å². The molecule has 3 aromatic rings. The van der Waals surface area contributed by atoms with Gasteiger partial charge in [-0.15, -0.1) is 0 Å². The van der Waals surface area contributed by atoms with Crippen molar-refractivity contribution in [2.45, 2.75) is 5.75 Å². The number of rotatable bonds is 7. The predicted octanol–water partition coefficient (Wildman–Crippen LogP) is 3.41. The second-order valence-corrected chi connectivity index (χ2v) is 8.66. The highest BCUT2D eigenvalue weighted by Gasteiger charge is 2.21. The van der Waals surface area contributed by atoms with Gasteiger partial charge >= 0.3 is 0 Å². The first-order valence-corrected chi connectivity index (χ1v) is 11.2. The normalized spacial score (nSPS) is 11.0. The summed E-state index contributed by atoms with van der Waals surface area (Å²) in [6, 6.07) is 11.3. The molecule has 0 fully saturated rings. The lowest BCUT2D eigenvalue weighted by atomic mass is 10.1. The van der Waals surface area contributed by atoms with Crippen molar-refractivity contribution >= 4 is 38.9 Å². The number of carbonyl (C=O) groups is 2. The molecular weight excluding hydrogens is 431 g/mol. The molecule has 1 aromatic heterocycles. The highest BCUT2D eigenvalue weighted by atomic mass is 32.2. The molecule has 0 aliphatic heterocycles. The number of halogens is 1. The van der Waals surface area contributed by atoms with Gasteiger partial charge in [-0.1, -0.05) is 18.2 Å². The molecule has 2 aromatic carbocycles. The van der Waals surface area contributed by atoms with E-state index in [4.69, 9.17) is 4.74 Å². The number of thiophene rings is 1. The van der Waals surface area contributed by atoms with Crippen LogP contribution in [-0.4, -0.2) is 27.3 Å². The summed E-state index contributed by atoms with van der Waals surface area (Å²) in [5.74, 6) is -2.43. The topological polar surface area (TPSA) is 102 Å². The fourth-order valence-corrected chi connectivity index (χ4v) is 4.36. The SMILES string of the molecule is COc1ccc(CS(=O)(=O)NC(=O)c2ccsc2)c(NC(=O)c2ccccc2F)c1. The molecule has 30 heavy (non-hydrogen) atoms. The lowest BCUT2D eigenvalue weighted by molar-refractivity contribution is 0.0979. The number of nitrogens with one attached hydrogen (secondary N) is 2. The third kappa shape index (κ3) is 5.22. The smallest absolute Gasteiger partial charge is 0.265 e. The summed E-state index contributed by atoms with van der Waals surface area (Å²) in [5.41, 5.74) is 0.355. The Balaban J connectivity index is 1.85. The monoisotopic (exact) mass is 448 g/mol. The molecule has 0 spiro atoms. The Bertz CT molecular complexity index is 1180. The number of anilines is 1. The largest absolute Gasteiger partial charge is 0.497 e. The number of hydrogen-bond donors (Lipinski definition) is 2. The van der Waals surface area contributed by atoms with Crippen LogP contribution in [0.15, 0.2) is 59.3 Å². The second-order valence-electron chi connectivity index (χ2n) is 6.16. The summed E-state index contributed by atoms with van der Waals surface area (Å²) in [6.45, 7) is 0. The van der Waals surface area contributed by atoms with Crippen molar-refractivity contribution in [1.82, 2.24) is 4.72 Å². The van der Waals surface area contributed by atoms with Gasteiger partial charge in [0.05, 0.1) is 24.0 Å². The first-order valence-electron chi connectivity index (χ1n) is 8.59. The zero-order valence-electron chi connectivity index (χ0n) is 15.7. The molecule has 3 rings (SSSR count). The van der Waals surface area contributed by atoms with Crippen LogP contribution < -0.4 is 14.8 Å². The van der Waals surface area contributed by atoms with Gasteiger partial charge in [0.15, 0.2) is 0 Å². The highest BCUT2D eigenvalue weighted by Crippen LogP contribution is 2.25. The van der Waals surface area contributed by atoms with Crippen LogP contribution in [0.4, 0.5) is 10.1 Å². The van der Waals surface area contributed by atoms with Gasteiger partial charge in [0, 0.05) is 17.1 Å². The first-order chi connectivity index (χ1) is 14.3. The third-order valence-corrected chi connectivity index (χ3v) is 5.93. The minimum atomic E-state index is -4.07. The molecular formula is C20H17FN2O5S2. The summed E-state index contributed by atoms with van der Waals surface area (Å²) < 4.78 is 46.0. The summed E-state index contributed by atoms with van der Waals surface area (Å²) in [5, 5.41) is 5.69. The minimum Gasteiger partial charge on any atom is -0.497 e. The fourth-order valence-electron chi connectivity index (χ4n) is 2.59. The molecule has 0 bridgehead atoms. The quantitative estimate of drug-likeness (QED) is 0.577. The fraction of sp³-hybridized carbons (Fsp3) is 0.100. The maximum atomic E-state index is 13.9. The summed E-state index contributed by atoms with van der Waals surface area (Å²) >= 11 is 1.26. The van der Waals surface area contributed by atoms with Crippen LogP contribution in [0, 0.1) is 5.82 Å². The molecule has 0 unspecified atom stereocenters. The van der Waals surface area contributed by atoms with E-state index in [9.17, 15) is 22.4 Å². The van der Waals surface area contributed by atoms with E-state index in [1.165, 1.54) is 66.3 Å². The molecule has 10 heteroatoms. The van der Waals surface area contributed by atoms with E-state index in [0.29, 0.717) is 5.75 Å².